The molecule has 0 spiro atoms. The smallest absolute Gasteiger partial charge is 0.332 e. The normalized spacial score (nSPS) is 12.1. The first-order chi connectivity index (χ1) is 13.6. The molecule has 0 radical (unpaired) electrons. The number of ether oxygens (including phenoxy) is 1. The van der Waals surface area contributed by atoms with E-state index in [2.05, 4.69) is 9.88 Å². The van der Waals surface area contributed by atoms with E-state index >= 15 is 0 Å². The first-order valence-electron chi connectivity index (χ1n) is 8.01. The molecule has 1 N–H and O–H groups in total. The lowest BCUT2D eigenvalue weighted by Gasteiger charge is -2.05. The quantitative estimate of drug-likeness (QED) is 0.531. The SMILES string of the molecule is O=S(=O)(F)c1ccc(S(=O)(=O)NCc2cc(COc3ccccc3F)on2)cc1. The molecule has 3 rings (SSSR count). The van der Waals surface area contributed by atoms with Gasteiger partial charge >= 0.3 is 10.2 Å². The van der Waals surface area contributed by atoms with Crippen molar-refractivity contribution in [2.45, 2.75) is 22.9 Å². The minimum atomic E-state index is -4.92. The Morgan fingerprint density at radius 3 is 2.31 bits per heavy atom. The van der Waals surface area contributed by atoms with Crippen LogP contribution in [0.25, 0.3) is 0 Å². The maximum atomic E-state index is 13.5. The number of nitrogens with zero attached hydrogens (tertiary/aromatic N) is 1. The molecular formula is C17H14F2N2O6S2. The van der Waals surface area contributed by atoms with E-state index in [1.165, 1.54) is 24.3 Å². The molecule has 0 unspecified atom stereocenters. The molecule has 29 heavy (non-hydrogen) atoms. The zero-order chi connectivity index (χ0) is 21.1. The number of para-hydroxylation sites is 1. The summed E-state index contributed by atoms with van der Waals surface area (Å²) in [6.07, 6.45) is 0. The van der Waals surface area contributed by atoms with Gasteiger partial charge in [0.25, 0.3) is 0 Å². The summed E-state index contributed by atoms with van der Waals surface area (Å²) in [4.78, 5) is -0.899. The van der Waals surface area contributed by atoms with E-state index in [1.54, 1.807) is 6.07 Å². The first-order valence-corrected chi connectivity index (χ1v) is 10.9. The van der Waals surface area contributed by atoms with Gasteiger partial charge in [0.05, 0.1) is 22.0 Å². The van der Waals surface area contributed by atoms with Crippen LogP contribution in [0, 0.1) is 5.82 Å². The van der Waals surface area contributed by atoms with E-state index in [1.807, 2.05) is 0 Å². The predicted octanol–water partition coefficient (Wildman–Crippen LogP) is 2.53. The Morgan fingerprint density at radius 1 is 1.00 bits per heavy atom. The average Bonchev–Trinajstić information content (AvgIpc) is 3.13. The van der Waals surface area contributed by atoms with Gasteiger partial charge in [0.15, 0.2) is 17.3 Å². The van der Waals surface area contributed by atoms with Gasteiger partial charge in [-0.15, -0.1) is 3.89 Å². The third-order valence-corrected chi connectivity index (χ3v) is 5.93. The second-order valence-corrected chi connectivity index (χ2v) is 8.85. The molecule has 0 fully saturated rings. The number of sulfonamides is 1. The minimum Gasteiger partial charge on any atom is -0.482 e. The second kappa shape index (κ2) is 8.27. The predicted molar refractivity (Wildman–Crippen MR) is 96.0 cm³/mol. The summed E-state index contributed by atoms with van der Waals surface area (Å²) < 4.78 is 85.0. The van der Waals surface area contributed by atoms with Crippen molar-refractivity contribution in [2.75, 3.05) is 0 Å². The summed E-state index contributed by atoms with van der Waals surface area (Å²) in [5.41, 5.74) is 0.240. The topological polar surface area (TPSA) is 116 Å². The van der Waals surface area contributed by atoms with Crippen molar-refractivity contribution in [1.82, 2.24) is 9.88 Å². The average molecular weight is 444 g/mol. The third-order valence-electron chi connectivity index (χ3n) is 3.67. The monoisotopic (exact) mass is 444 g/mol. The lowest BCUT2D eigenvalue weighted by molar-refractivity contribution is 0.239. The van der Waals surface area contributed by atoms with E-state index < -0.39 is 31.0 Å². The van der Waals surface area contributed by atoms with Gasteiger partial charge in [-0.2, -0.15) is 8.42 Å². The molecule has 3 aromatic rings. The minimum absolute atomic E-state index is 0.0323. The Morgan fingerprint density at radius 2 is 1.66 bits per heavy atom. The van der Waals surface area contributed by atoms with Crippen LogP contribution in [-0.2, 0) is 33.4 Å². The van der Waals surface area contributed by atoms with Crippen LogP contribution in [-0.4, -0.2) is 22.0 Å². The van der Waals surface area contributed by atoms with Crippen LogP contribution < -0.4 is 9.46 Å². The van der Waals surface area contributed by atoms with Crippen molar-refractivity contribution in [3.63, 3.8) is 0 Å². The lowest BCUT2D eigenvalue weighted by Crippen LogP contribution is -2.23. The molecule has 154 valence electrons. The first kappa shape index (κ1) is 20.9. The second-order valence-electron chi connectivity index (χ2n) is 5.74. The summed E-state index contributed by atoms with van der Waals surface area (Å²) in [6.45, 7) is -0.339. The highest BCUT2D eigenvalue weighted by Crippen LogP contribution is 2.18. The van der Waals surface area contributed by atoms with Gasteiger partial charge in [0, 0.05) is 6.07 Å². The number of rotatable bonds is 8. The van der Waals surface area contributed by atoms with E-state index in [0.29, 0.717) is 0 Å². The lowest BCUT2D eigenvalue weighted by atomic mass is 10.3. The number of nitrogens with one attached hydrogen (secondary N) is 1. The van der Waals surface area contributed by atoms with E-state index in [0.717, 1.165) is 24.3 Å². The zero-order valence-corrected chi connectivity index (χ0v) is 16.2. The number of aromatic nitrogens is 1. The van der Waals surface area contributed by atoms with Crippen LogP contribution in [0.5, 0.6) is 5.75 Å². The van der Waals surface area contributed by atoms with Crippen molar-refractivity contribution in [3.8, 4) is 5.75 Å². The fourth-order valence-electron chi connectivity index (χ4n) is 2.25. The fraction of sp³-hybridized carbons (Fsp3) is 0.118. The van der Waals surface area contributed by atoms with Crippen molar-refractivity contribution in [2.24, 2.45) is 0 Å². The fourth-order valence-corrected chi connectivity index (χ4v) is 3.71. The molecule has 1 aromatic heterocycles. The van der Waals surface area contributed by atoms with Gasteiger partial charge in [-0.1, -0.05) is 17.3 Å². The molecule has 0 amide bonds. The van der Waals surface area contributed by atoms with E-state index in [4.69, 9.17) is 9.26 Å². The number of benzene rings is 2. The summed E-state index contributed by atoms with van der Waals surface area (Å²) >= 11 is 0. The summed E-state index contributed by atoms with van der Waals surface area (Å²) in [5.74, 6) is -0.253. The molecule has 0 saturated carbocycles. The molecule has 0 aliphatic heterocycles. The van der Waals surface area contributed by atoms with Crippen LogP contribution in [0.3, 0.4) is 0 Å². The number of hydrogen-bond donors (Lipinski definition) is 1. The van der Waals surface area contributed by atoms with Crippen molar-refractivity contribution < 1.29 is 34.4 Å². The maximum Gasteiger partial charge on any atom is 0.332 e. The molecular weight excluding hydrogens is 430 g/mol. The van der Waals surface area contributed by atoms with Gasteiger partial charge in [-0.05, 0) is 36.4 Å². The summed E-state index contributed by atoms with van der Waals surface area (Å²) in [5, 5.41) is 3.69. The van der Waals surface area contributed by atoms with Gasteiger partial charge in [-0.25, -0.2) is 17.5 Å². The van der Waals surface area contributed by atoms with E-state index in [-0.39, 0.29) is 35.3 Å². The Balaban J connectivity index is 1.60. The Labute approximate surface area is 165 Å². The molecule has 8 nitrogen and oxygen atoms in total. The van der Waals surface area contributed by atoms with Gasteiger partial charge in [0.1, 0.15) is 6.61 Å². The Kier molecular flexibility index (Phi) is 5.96. The highest BCUT2D eigenvalue weighted by Gasteiger charge is 2.18. The molecule has 12 heteroatoms. The zero-order valence-electron chi connectivity index (χ0n) is 14.6. The molecule has 0 saturated heterocycles. The summed E-state index contributed by atoms with van der Waals surface area (Å²) in [6, 6.07) is 10.9. The Hall–Kier alpha value is -2.83. The van der Waals surface area contributed by atoms with Crippen LogP contribution in [0.2, 0.25) is 0 Å². The number of halogens is 2. The standard InChI is InChI=1S/C17H14F2N2O6S2/c18-16-3-1-2-4-17(16)26-11-13-9-12(21-27-13)10-20-29(24,25)15-7-5-14(6-8-15)28(19,22)23/h1-9,20H,10-11H2. The Bertz CT molecular complexity index is 1210. The molecule has 1 heterocycles. The third kappa shape index (κ3) is 5.37. The molecule has 0 aliphatic carbocycles. The highest BCUT2D eigenvalue weighted by molar-refractivity contribution is 7.89. The summed E-state index contributed by atoms with van der Waals surface area (Å²) in [7, 11) is -8.92. The van der Waals surface area contributed by atoms with Crippen LogP contribution >= 0.6 is 0 Å². The van der Waals surface area contributed by atoms with Gasteiger partial charge in [-0.3, -0.25) is 0 Å². The maximum absolute atomic E-state index is 13.5. The molecule has 0 aliphatic rings. The van der Waals surface area contributed by atoms with Crippen molar-refractivity contribution in [3.05, 3.63) is 71.9 Å². The van der Waals surface area contributed by atoms with E-state index in [9.17, 15) is 25.1 Å². The van der Waals surface area contributed by atoms with Crippen molar-refractivity contribution in [1.29, 1.82) is 0 Å². The van der Waals surface area contributed by atoms with Gasteiger partial charge < -0.3 is 9.26 Å². The largest absolute Gasteiger partial charge is 0.482 e. The number of hydrogen-bond acceptors (Lipinski definition) is 7. The van der Waals surface area contributed by atoms with Crippen LogP contribution in [0.1, 0.15) is 11.5 Å². The van der Waals surface area contributed by atoms with Crippen molar-refractivity contribution >= 4 is 20.2 Å². The highest BCUT2D eigenvalue weighted by atomic mass is 32.3. The van der Waals surface area contributed by atoms with Crippen LogP contribution in [0.4, 0.5) is 8.28 Å². The van der Waals surface area contributed by atoms with Gasteiger partial charge in [0.2, 0.25) is 10.0 Å². The molecule has 0 atom stereocenters. The van der Waals surface area contributed by atoms with Crippen LogP contribution in [0.15, 0.2) is 68.9 Å². The molecule has 0 bridgehead atoms. The molecule has 2 aromatic carbocycles.